The van der Waals surface area contributed by atoms with Gasteiger partial charge in [0, 0.05) is 11.5 Å². The lowest BCUT2D eigenvalue weighted by Crippen LogP contribution is -2.71. The van der Waals surface area contributed by atoms with Gasteiger partial charge in [0.2, 0.25) is 0 Å². The van der Waals surface area contributed by atoms with E-state index in [-0.39, 0.29) is 30.8 Å². The number of aliphatic carboxylic acids is 2. The van der Waals surface area contributed by atoms with E-state index in [2.05, 4.69) is 26.8 Å². The van der Waals surface area contributed by atoms with Crippen molar-refractivity contribution in [3.8, 4) is 5.75 Å². The van der Waals surface area contributed by atoms with Crippen LogP contribution >= 0.6 is 0 Å². The number of carboxylic acids is 2. The van der Waals surface area contributed by atoms with Gasteiger partial charge in [-0.3, -0.25) is 9.59 Å². The maximum absolute atomic E-state index is 14.2. The van der Waals surface area contributed by atoms with Gasteiger partial charge in [-0.15, -0.1) is 0 Å². The molecule has 10 fully saturated rings. The van der Waals surface area contributed by atoms with E-state index in [1.54, 1.807) is 37.5 Å². The summed E-state index contributed by atoms with van der Waals surface area (Å²) in [6.45, 7) is 11.6. The van der Waals surface area contributed by atoms with E-state index in [9.17, 15) is 106 Å². The fourth-order valence-corrected chi connectivity index (χ4v) is 20.5. The number of hydrogen-bond donors (Lipinski definition) is 18. The molecule has 622 valence electrons. The second-order valence-electron chi connectivity index (χ2n) is 33.8. The summed E-state index contributed by atoms with van der Waals surface area (Å²) in [6.07, 6.45) is -46.0. The van der Waals surface area contributed by atoms with E-state index in [0.717, 1.165) is 11.1 Å². The van der Waals surface area contributed by atoms with Crippen LogP contribution < -0.4 is 4.74 Å². The molecule has 12 rings (SSSR count). The average molecular weight is 1570 g/mol. The zero-order valence-electron chi connectivity index (χ0n) is 62.9. The van der Waals surface area contributed by atoms with E-state index >= 15 is 0 Å². The molecule has 6 aliphatic heterocycles. The fraction of sp³-hybridized carbons (Fsp3) is 0.827. The van der Waals surface area contributed by atoms with Crippen molar-refractivity contribution in [3.63, 3.8) is 0 Å². The Morgan fingerprint density at radius 2 is 1.05 bits per heavy atom. The van der Waals surface area contributed by atoms with Crippen LogP contribution in [0.4, 0.5) is 0 Å². The van der Waals surface area contributed by atoms with E-state index in [0.29, 0.717) is 50.7 Å². The number of rotatable bonds is 21. The number of methoxy groups -OCH3 is 1. The number of esters is 1. The minimum atomic E-state index is -2.05. The Bertz CT molecular complexity index is 3420. The van der Waals surface area contributed by atoms with Gasteiger partial charge >= 0.3 is 17.9 Å². The lowest BCUT2D eigenvalue weighted by Gasteiger charge is -2.71. The molecule has 35 heteroatoms. The molecular weight excluding hydrogens is 1460 g/mol. The molecule has 0 amide bonds. The average Bonchev–Trinajstić information content (AvgIpc) is 0.668. The van der Waals surface area contributed by atoms with E-state index in [1.807, 2.05) is 6.92 Å². The number of fused-ring (bicyclic) bond motifs is 7. The van der Waals surface area contributed by atoms with E-state index < -0.39 is 267 Å². The number of hydrogen-bond acceptors (Lipinski definition) is 33. The number of carbonyl (C=O) groups is 3. The predicted molar refractivity (Wildman–Crippen MR) is 369 cm³/mol. The molecule has 1 aromatic carbocycles. The molecule has 0 unspecified atom stereocenters. The number of carboxylic acid groups (broad SMARTS) is 2. The first-order valence-corrected chi connectivity index (χ1v) is 38.0. The standard InChI is InChI=1S/C75H112O35/c1-30-44(80)59(108-65-53(89)48(84)45(81)38(26-76)103-65)56(92)66(100-30)109-60-49(85)46(82)39(27-77)104-67(60)105-40-28-98-62(52(88)47(40)83)106-57-31(2)101-63(54(90)50(57)86)107-58-32(3)102-64(55(91)51(58)87)110-61-37(78)25-71(6)41-16-15-35-36-24-70(4,5)20-21-74(36,69(95)96)22-23-75(35,72(41,7)19-18-42(71)73(61,8)68(93)94)29-99-43(79)17-12-33-10-13-34(97-9)14-11-33/h10-15,17,30-32,36-42,44-67,76-78,80-92H,16,18-29H2,1-9H3,(H,93,94)(H,95,96)/t30-,31-,32-,36+,37-,38-,39-,40+,41-,42-,44-,45-,46-,47-,48-,49-,50-,51-,52-,53-,54-,55-,56-,57+,58+,59+,60-,61+,62+,63-,64-,65-,66-,67-,71+,72-,73+,74-,75+/m0/s1. The zero-order chi connectivity index (χ0) is 80.1. The smallest absolute Gasteiger partial charge is 0.330 e. The minimum absolute atomic E-state index is 0.00121. The third-order valence-corrected chi connectivity index (χ3v) is 27.0. The Kier molecular flexibility index (Phi) is 25.3. The Morgan fingerprint density at radius 3 is 1.65 bits per heavy atom. The summed E-state index contributed by atoms with van der Waals surface area (Å²) >= 11 is 0. The number of carbonyl (C=O) groups excluding carboxylic acids is 1. The van der Waals surface area contributed by atoms with Crippen LogP contribution in [0.15, 0.2) is 42.0 Å². The summed E-state index contributed by atoms with van der Waals surface area (Å²) in [5.41, 5.74) is -4.10. The van der Waals surface area contributed by atoms with Crippen LogP contribution in [0.25, 0.3) is 6.08 Å². The number of ether oxygens (including phenoxy) is 14. The first-order chi connectivity index (χ1) is 51.8. The van der Waals surface area contributed by atoms with E-state index in [1.165, 1.54) is 33.8 Å². The second kappa shape index (κ2) is 32.7. The summed E-state index contributed by atoms with van der Waals surface area (Å²) in [5, 5.41) is 201. The van der Waals surface area contributed by atoms with Gasteiger partial charge in [-0.2, -0.15) is 0 Å². The van der Waals surface area contributed by atoms with Crippen LogP contribution in [0.1, 0.15) is 119 Å². The van der Waals surface area contributed by atoms with Crippen LogP contribution in [0, 0.1) is 50.2 Å². The SMILES string of the molecule is COc1ccc(C=CC(=O)OC[C@]23CC[C@@]4(C(=O)O)CCC(C)(C)C[C@@H]4C2=CC[C@H]2[C@@]4(C)C[C@H](O)[C@@H](O[C@@H]5O[C@@H](C)[C@@H](O[C@@H]6O[C@@H](C)[C@@H](O[C@H]7OC[C@@H](O[C@@H]8O[C@@H](CO)[C@H](O)[C@H](O)[C@@H]8O[C@@H]8O[C@@H](C)[C@H](O)[C@@H](O[C@@H]9O[C@@H](CO)[C@H](O)[C@H](O)[C@@H]9O)[C@@H]8O)[C@H](O)[C@@H]7O)[C@@H](O)[C@@H]6O)[C@@H](O)[C@@H]5O)[C@](C)(C(=O)O)[C@H]4CC[C@@]23C)cc1. The van der Waals surface area contributed by atoms with Gasteiger partial charge in [0.15, 0.2) is 37.7 Å². The van der Waals surface area contributed by atoms with Crippen molar-refractivity contribution in [2.45, 2.75) is 304 Å². The molecule has 18 N–H and O–H groups in total. The summed E-state index contributed by atoms with van der Waals surface area (Å²) in [4.78, 5) is 41.8. The predicted octanol–water partition coefficient (Wildman–Crippen LogP) is -2.82. The lowest BCUT2D eigenvalue weighted by molar-refractivity contribution is -0.395. The molecule has 35 nitrogen and oxygen atoms in total. The van der Waals surface area contributed by atoms with Crippen LogP contribution in [-0.2, 0) is 76.0 Å². The molecule has 6 heterocycles. The Hall–Kier alpha value is -4.21. The van der Waals surface area contributed by atoms with Crippen LogP contribution in [0.5, 0.6) is 5.75 Å². The largest absolute Gasteiger partial charge is 0.497 e. The van der Waals surface area contributed by atoms with Crippen LogP contribution in [-0.4, -0.2) is 334 Å². The first-order valence-electron chi connectivity index (χ1n) is 38.0. The molecular formula is C75H112O35. The Balaban J connectivity index is 0.684. The van der Waals surface area contributed by atoms with Gasteiger partial charge in [-0.1, -0.05) is 51.5 Å². The van der Waals surface area contributed by atoms with Crippen molar-refractivity contribution < 1.29 is 173 Å². The third-order valence-electron chi connectivity index (χ3n) is 27.0. The summed E-state index contributed by atoms with van der Waals surface area (Å²) in [5.74, 6) is -3.60. The molecule has 1 aromatic rings. The van der Waals surface area contributed by atoms with Crippen molar-refractivity contribution in [2.24, 2.45) is 50.2 Å². The minimum Gasteiger partial charge on any atom is -0.497 e. The molecule has 6 saturated heterocycles. The van der Waals surface area contributed by atoms with Crippen molar-refractivity contribution in [1.29, 1.82) is 0 Å². The Morgan fingerprint density at radius 1 is 0.518 bits per heavy atom. The van der Waals surface area contributed by atoms with Gasteiger partial charge in [0.25, 0.3) is 0 Å². The summed E-state index contributed by atoms with van der Waals surface area (Å²) in [7, 11) is 1.55. The maximum atomic E-state index is 14.2. The zero-order valence-corrected chi connectivity index (χ0v) is 62.9. The van der Waals surface area contributed by atoms with Crippen LogP contribution in [0.3, 0.4) is 0 Å². The highest BCUT2D eigenvalue weighted by Gasteiger charge is 2.74. The molecule has 0 radical (unpaired) electrons. The molecule has 11 aliphatic rings. The molecule has 5 aliphatic carbocycles. The van der Waals surface area contributed by atoms with Crippen molar-refractivity contribution in [1.82, 2.24) is 0 Å². The van der Waals surface area contributed by atoms with Crippen molar-refractivity contribution in [2.75, 3.05) is 33.5 Å². The normalized spacial score (nSPS) is 50.2. The van der Waals surface area contributed by atoms with Crippen LogP contribution in [0.2, 0.25) is 0 Å². The molecule has 0 aromatic heterocycles. The van der Waals surface area contributed by atoms with Gasteiger partial charge in [0.1, 0.15) is 141 Å². The monoisotopic (exact) mass is 1570 g/mol. The summed E-state index contributed by atoms with van der Waals surface area (Å²) < 4.78 is 82.5. The summed E-state index contributed by atoms with van der Waals surface area (Å²) in [6, 6.07) is 7.13. The molecule has 4 saturated carbocycles. The van der Waals surface area contributed by atoms with Crippen molar-refractivity contribution >= 4 is 24.0 Å². The maximum Gasteiger partial charge on any atom is 0.330 e. The number of benzene rings is 1. The lowest BCUT2D eigenvalue weighted by atomic mass is 9.33. The van der Waals surface area contributed by atoms with Crippen molar-refractivity contribution in [3.05, 3.63) is 47.6 Å². The van der Waals surface area contributed by atoms with Gasteiger partial charge in [-0.05, 0) is 143 Å². The topological polar surface area (TPSA) is 545 Å². The second-order valence-corrected chi connectivity index (χ2v) is 33.8. The first kappa shape index (κ1) is 85.2. The number of aliphatic hydroxyl groups excluding tert-OH is 16. The number of allylic oxidation sites excluding steroid dienone is 1. The van der Waals surface area contributed by atoms with Gasteiger partial charge < -0.3 is 158 Å². The highest BCUT2D eigenvalue weighted by Crippen LogP contribution is 2.76. The molecule has 0 spiro atoms. The third kappa shape index (κ3) is 15.1. The number of aliphatic hydroxyl groups is 16. The van der Waals surface area contributed by atoms with Gasteiger partial charge in [-0.25, -0.2) is 4.79 Å². The quantitative estimate of drug-likeness (QED) is 0.0255. The Labute approximate surface area is 635 Å². The van der Waals surface area contributed by atoms with Gasteiger partial charge in [0.05, 0.1) is 62.2 Å². The molecule has 110 heavy (non-hydrogen) atoms. The molecule has 39 atom stereocenters. The highest BCUT2D eigenvalue weighted by molar-refractivity contribution is 5.87. The fourth-order valence-electron chi connectivity index (χ4n) is 20.5. The highest BCUT2D eigenvalue weighted by atomic mass is 16.8. The van der Waals surface area contributed by atoms with E-state index in [4.69, 9.17) is 66.3 Å². The molecule has 0 bridgehead atoms.